The number of amides is 3. The van der Waals surface area contributed by atoms with Gasteiger partial charge < -0.3 is 19.8 Å². The first-order valence-electron chi connectivity index (χ1n) is 9.45. The molecule has 3 amide bonds. The van der Waals surface area contributed by atoms with Gasteiger partial charge in [0.15, 0.2) is 6.10 Å². The van der Waals surface area contributed by atoms with Crippen molar-refractivity contribution < 1.29 is 23.9 Å². The van der Waals surface area contributed by atoms with Crippen LogP contribution in [0.1, 0.15) is 49.5 Å². The van der Waals surface area contributed by atoms with Crippen LogP contribution in [0, 0.1) is 0 Å². The maximum atomic E-state index is 12.3. The van der Waals surface area contributed by atoms with Crippen LogP contribution < -0.4 is 15.4 Å². The fourth-order valence-corrected chi connectivity index (χ4v) is 3.30. The van der Waals surface area contributed by atoms with Crippen LogP contribution in [0.25, 0.3) is 10.9 Å². The molecular formula is C20H25N3O5. The summed E-state index contributed by atoms with van der Waals surface area (Å²) in [5.74, 6) is -0.684. The van der Waals surface area contributed by atoms with Gasteiger partial charge in [-0.3, -0.25) is 10.1 Å². The van der Waals surface area contributed by atoms with Crippen molar-refractivity contribution in [2.75, 3.05) is 7.11 Å². The molecule has 3 rings (SSSR count). The average molecular weight is 387 g/mol. The number of aromatic nitrogens is 1. The third kappa shape index (κ3) is 4.82. The lowest BCUT2D eigenvalue weighted by Gasteiger charge is -2.23. The SMILES string of the molecule is COc1ccc2cc(C(=O)OC(C)C(=O)NC(=O)NC3CCCCC3)[nH]c2c1. The third-order valence-corrected chi connectivity index (χ3v) is 4.88. The van der Waals surface area contributed by atoms with Gasteiger partial charge in [0.2, 0.25) is 0 Å². The van der Waals surface area contributed by atoms with E-state index in [9.17, 15) is 14.4 Å². The van der Waals surface area contributed by atoms with Crippen LogP contribution in [-0.4, -0.2) is 42.1 Å². The minimum atomic E-state index is -1.11. The van der Waals surface area contributed by atoms with Crippen molar-refractivity contribution in [2.45, 2.75) is 51.2 Å². The molecule has 8 nitrogen and oxygen atoms in total. The Morgan fingerprint density at radius 3 is 2.61 bits per heavy atom. The summed E-state index contributed by atoms with van der Waals surface area (Å²) in [6.07, 6.45) is 4.04. The maximum Gasteiger partial charge on any atom is 0.355 e. The molecule has 1 atom stereocenters. The Morgan fingerprint density at radius 2 is 1.89 bits per heavy atom. The number of carbonyl (C=O) groups excluding carboxylic acids is 3. The second kappa shape index (κ2) is 8.77. The molecule has 1 aromatic carbocycles. The summed E-state index contributed by atoms with van der Waals surface area (Å²) >= 11 is 0. The van der Waals surface area contributed by atoms with Crippen LogP contribution in [0.3, 0.4) is 0 Å². The molecule has 2 aromatic rings. The molecule has 28 heavy (non-hydrogen) atoms. The highest BCUT2D eigenvalue weighted by atomic mass is 16.5. The molecule has 1 saturated carbocycles. The van der Waals surface area contributed by atoms with Gasteiger partial charge in [0.1, 0.15) is 11.4 Å². The standard InChI is InChI=1S/C20H25N3O5/c1-12(18(24)23-20(26)21-14-6-4-3-5-7-14)28-19(25)17-10-13-8-9-15(27-2)11-16(13)22-17/h8-12,14,22H,3-7H2,1-2H3,(H2,21,23,24,26). The average Bonchev–Trinajstić information content (AvgIpc) is 3.11. The number of benzene rings is 1. The van der Waals surface area contributed by atoms with Gasteiger partial charge >= 0.3 is 12.0 Å². The van der Waals surface area contributed by atoms with Crippen LogP contribution in [0.4, 0.5) is 4.79 Å². The summed E-state index contributed by atoms with van der Waals surface area (Å²) in [4.78, 5) is 39.4. The largest absolute Gasteiger partial charge is 0.497 e. The number of ether oxygens (including phenoxy) is 2. The molecule has 1 aliphatic rings. The van der Waals surface area contributed by atoms with Crippen molar-refractivity contribution in [1.29, 1.82) is 0 Å². The van der Waals surface area contributed by atoms with E-state index in [1.807, 2.05) is 6.07 Å². The Labute approximate surface area is 163 Å². The first-order chi connectivity index (χ1) is 13.5. The van der Waals surface area contributed by atoms with Crippen molar-refractivity contribution in [3.8, 4) is 5.75 Å². The Kier molecular flexibility index (Phi) is 6.18. The summed E-state index contributed by atoms with van der Waals surface area (Å²) in [6, 6.07) is 6.52. The topological polar surface area (TPSA) is 110 Å². The quantitative estimate of drug-likeness (QED) is 0.684. The van der Waals surface area contributed by atoms with E-state index in [0.717, 1.165) is 36.6 Å². The zero-order chi connectivity index (χ0) is 20.1. The van der Waals surface area contributed by atoms with Gasteiger partial charge in [0.05, 0.1) is 7.11 Å². The van der Waals surface area contributed by atoms with E-state index < -0.39 is 24.0 Å². The van der Waals surface area contributed by atoms with Gasteiger partial charge in [-0.05, 0) is 38.0 Å². The molecule has 1 aromatic heterocycles. The number of aromatic amines is 1. The molecule has 1 unspecified atom stereocenters. The molecule has 0 saturated heterocycles. The number of hydrogen-bond acceptors (Lipinski definition) is 5. The van der Waals surface area contributed by atoms with Crippen LogP contribution in [0.5, 0.6) is 5.75 Å². The van der Waals surface area contributed by atoms with E-state index in [4.69, 9.17) is 9.47 Å². The number of carbonyl (C=O) groups is 3. The second-order valence-corrected chi connectivity index (χ2v) is 6.98. The van der Waals surface area contributed by atoms with Crippen molar-refractivity contribution in [3.05, 3.63) is 30.0 Å². The van der Waals surface area contributed by atoms with Gasteiger partial charge in [0, 0.05) is 23.0 Å². The zero-order valence-corrected chi connectivity index (χ0v) is 16.0. The molecule has 3 N–H and O–H groups in total. The number of methoxy groups -OCH3 is 1. The highest BCUT2D eigenvalue weighted by Gasteiger charge is 2.23. The van der Waals surface area contributed by atoms with Gasteiger partial charge in [-0.2, -0.15) is 0 Å². The van der Waals surface area contributed by atoms with Gasteiger partial charge in [-0.25, -0.2) is 9.59 Å². The number of rotatable bonds is 5. The Hall–Kier alpha value is -3.03. The van der Waals surface area contributed by atoms with Crippen molar-refractivity contribution in [3.63, 3.8) is 0 Å². The summed E-state index contributed by atoms with van der Waals surface area (Å²) in [5.41, 5.74) is 0.935. The molecular weight excluding hydrogens is 362 g/mol. The normalized spacial score (nSPS) is 15.6. The predicted molar refractivity (Wildman–Crippen MR) is 103 cm³/mol. The van der Waals surface area contributed by atoms with E-state index in [1.54, 1.807) is 25.3 Å². The van der Waals surface area contributed by atoms with Gasteiger partial charge in [-0.15, -0.1) is 0 Å². The monoisotopic (exact) mass is 387 g/mol. The number of hydrogen-bond donors (Lipinski definition) is 3. The van der Waals surface area contributed by atoms with Crippen molar-refractivity contribution in [2.24, 2.45) is 0 Å². The van der Waals surface area contributed by atoms with Crippen LogP contribution in [0.2, 0.25) is 0 Å². The van der Waals surface area contributed by atoms with Crippen molar-refractivity contribution >= 4 is 28.8 Å². The fourth-order valence-electron chi connectivity index (χ4n) is 3.30. The predicted octanol–water partition coefficient (Wildman–Crippen LogP) is 2.88. The Bertz CT molecular complexity index is 870. The highest BCUT2D eigenvalue weighted by Crippen LogP contribution is 2.22. The molecule has 1 heterocycles. The first kappa shape index (κ1) is 19.7. The number of fused-ring (bicyclic) bond motifs is 1. The third-order valence-electron chi connectivity index (χ3n) is 4.88. The van der Waals surface area contributed by atoms with Crippen molar-refractivity contribution in [1.82, 2.24) is 15.6 Å². The maximum absolute atomic E-state index is 12.3. The molecule has 1 fully saturated rings. The lowest BCUT2D eigenvalue weighted by Crippen LogP contribution is -2.48. The minimum absolute atomic E-state index is 0.0859. The Morgan fingerprint density at radius 1 is 1.14 bits per heavy atom. The zero-order valence-electron chi connectivity index (χ0n) is 16.0. The highest BCUT2D eigenvalue weighted by molar-refractivity contribution is 5.99. The molecule has 0 aliphatic heterocycles. The van der Waals surface area contributed by atoms with Crippen LogP contribution in [0.15, 0.2) is 24.3 Å². The van der Waals surface area contributed by atoms with E-state index in [-0.39, 0.29) is 11.7 Å². The smallest absolute Gasteiger partial charge is 0.355 e. The van der Waals surface area contributed by atoms with Crippen LogP contribution in [-0.2, 0) is 9.53 Å². The second-order valence-electron chi connectivity index (χ2n) is 6.98. The first-order valence-corrected chi connectivity index (χ1v) is 9.45. The number of H-pyrrole nitrogens is 1. The van der Waals surface area contributed by atoms with E-state index in [0.29, 0.717) is 5.75 Å². The minimum Gasteiger partial charge on any atom is -0.497 e. The lowest BCUT2D eigenvalue weighted by molar-refractivity contribution is -0.127. The van der Waals surface area contributed by atoms with E-state index >= 15 is 0 Å². The number of urea groups is 1. The Balaban J connectivity index is 1.54. The van der Waals surface area contributed by atoms with E-state index in [1.165, 1.54) is 13.3 Å². The number of nitrogens with one attached hydrogen (secondary N) is 3. The summed E-state index contributed by atoms with van der Waals surface area (Å²) in [5, 5.41) is 5.84. The van der Waals surface area contributed by atoms with Gasteiger partial charge in [-0.1, -0.05) is 19.3 Å². The molecule has 0 spiro atoms. The summed E-state index contributed by atoms with van der Waals surface area (Å²) in [6.45, 7) is 1.42. The number of esters is 1. The molecule has 8 heteroatoms. The molecule has 0 bridgehead atoms. The molecule has 150 valence electrons. The van der Waals surface area contributed by atoms with Crippen LogP contribution >= 0.6 is 0 Å². The summed E-state index contributed by atoms with van der Waals surface area (Å²) < 4.78 is 10.3. The number of imide groups is 1. The van der Waals surface area contributed by atoms with Gasteiger partial charge in [0.25, 0.3) is 5.91 Å². The van der Waals surface area contributed by atoms with E-state index in [2.05, 4.69) is 15.6 Å². The molecule has 0 radical (unpaired) electrons. The lowest BCUT2D eigenvalue weighted by atomic mass is 9.96. The fraction of sp³-hybridized carbons (Fsp3) is 0.450. The summed E-state index contributed by atoms with van der Waals surface area (Å²) in [7, 11) is 1.56. The molecule has 1 aliphatic carbocycles.